The zero-order valence-corrected chi connectivity index (χ0v) is 11.5. The first-order valence-corrected chi connectivity index (χ1v) is 7.63. The van der Waals surface area contributed by atoms with Crippen molar-refractivity contribution in [3.63, 3.8) is 0 Å². The maximum absolute atomic E-state index is 12.1. The Hall–Kier alpha value is -0.910. The van der Waals surface area contributed by atoms with Crippen LogP contribution in [-0.4, -0.2) is 19.1 Å². The summed E-state index contributed by atoms with van der Waals surface area (Å²) in [6.07, 6.45) is 2.26. The van der Waals surface area contributed by atoms with Gasteiger partial charge in [0.05, 0.1) is 11.0 Å². The highest BCUT2D eigenvalue weighted by molar-refractivity contribution is 7.89. The van der Waals surface area contributed by atoms with Gasteiger partial charge in [0.1, 0.15) is 0 Å². The van der Waals surface area contributed by atoms with E-state index in [1.807, 2.05) is 6.92 Å². The van der Waals surface area contributed by atoms with Crippen LogP contribution in [0.15, 0.2) is 29.2 Å². The summed E-state index contributed by atoms with van der Waals surface area (Å²) >= 11 is 0. The average molecular weight is 269 g/mol. The smallest absolute Gasteiger partial charge is 0.241 e. The van der Waals surface area contributed by atoms with E-state index in [0.717, 1.165) is 19.3 Å². The highest BCUT2D eigenvalue weighted by Gasteiger charge is 2.36. The number of nitrogens with one attached hydrogen (secondary N) is 1. The van der Waals surface area contributed by atoms with Crippen LogP contribution in [0, 0.1) is 0 Å². The molecule has 0 aromatic heterocycles. The van der Waals surface area contributed by atoms with Crippen molar-refractivity contribution < 1.29 is 13.5 Å². The standard InChI is InChI=1S/C13H19NO3S/c1-10(15)11-4-6-12(7-5-11)18(16,17)14-13(2)8-3-9-13/h4-7,10,14-15H,3,8-9H2,1-2H3. The van der Waals surface area contributed by atoms with Gasteiger partial charge in [-0.05, 0) is 50.8 Å². The van der Waals surface area contributed by atoms with Crippen LogP contribution in [0.25, 0.3) is 0 Å². The molecule has 1 aromatic carbocycles. The fourth-order valence-electron chi connectivity index (χ4n) is 2.12. The Bertz CT molecular complexity index is 516. The molecule has 100 valence electrons. The quantitative estimate of drug-likeness (QED) is 0.878. The van der Waals surface area contributed by atoms with Crippen LogP contribution in [0.2, 0.25) is 0 Å². The van der Waals surface area contributed by atoms with Gasteiger partial charge in [0.15, 0.2) is 0 Å². The van der Waals surface area contributed by atoms with Crippen molar-refractivity contribution in [3.8, 4) is 0 Å². The summed E-state index contributed by atoms with van der Waals surface area (Å²) in [5, 5.41) is 9.39. The molecule has 1 unspecified atom stereocenters. The molecule has 4 nitrogen and oxygen atoms in total. The Morgan fingerprint density at radius 1 is 1.28 bits per heavy atom. The third-order valence-electron chi connectivity index (χ3n) is 3.51. The van der Waals surface area contributed by atoms with Gasteiger partial charge in [-0.3, -0.25) is 0 Å². The molecule has 0 amide bonds. The number of benzene rings is 1. The van der Waals surface area contributed by atoms with Crippen LogP contribution in [0.3, 0.4) is 0 Å². The van der Waals surface area contributed by atoms with Gasteiger partial charge in [-0.2, -0.15) is 0 Å². The number of hydrogen-bond acceptors (Lipinski definition) is 3. The second kappa shape index (κ2) is 4.64. The lowest BCUT2D eigenvalue weighted by Gasteiger charge is -2.38. The van der Waals surface area contributed by atoms with E-state index in [2.05, 4.69) is 4.72 Å². The maximum atomic E-state index is 12.1. The van der Waals surface area contributed by atoms with Crippen LogP contribution >= 0.6 is 0 Å². The zero-order chi connectivity index (χ0) is 13.4. The summed E-state index contributed by atoms with van der Waals surface area (Å²) in [6.45, 7) is 3.58. The van der Waals surface area contributed by atoms with Crippen molar-refractivity contribution in [2.45, 2.75) is 49.6 Å². The predicted molar refractivity (Wildman–Crippen MR) is 69.7 cm³/mol. The van der Waals surface area contributed by atoms with Crippen molar-refractivity contribution in [3.05, 3.63) is 29.8 Å². The minimum atomic E-state index is -3.45. The predicted octanol–water partition coefficient (Wildman–Crippen LogP) is 1.96. The Kier molecular flexibility index (Phi) is 3.49. The van der Waals surface area contributed by atoms with E-state index in [1.165, 1.54) is 12.1 Å². The summed E-state index contributed by atoms with van der Waals surface area (Å²) < 4.78 is 27.0. The van der Waals surface area contributed by atoms with Crippen molar-refractivity contribution >= 4 is 10.0 Å². The topological polar surface area (TPSA) is 66.4 Å². The number of rotatable bonds is 4. The molecule has 0 heterocycles. The van der Waals surface area contributed by atoms with E-state index >= 15 is 0 Å². The summed E-state index contributed by atoms with van der Waals surface area (Å²) in [6, 6.07) is 6.35. The molecule has 0 spiro atoms. The Morgan fingerprint density at radius 2 is 1.83 bits per heavy atom. The molecule has 5 heteroatoms. The molecule has 1 aliphatic rings. The lowest BCUT2D eigenvalue weighted by atomic mass is 9.80. The molecule has 1 atom stereocenters. The second-order valence-corrected chi connectivity index (χ2v) is 6.95. The van der Waals surface area contributed by atoms with Crippen molar-refractivity contribution in [1.29, 1.82) is 0 Å². The molecule has 0 bridgehead atoms. The monoisotopic (exact) mass is 269 g/mol. The second-order valence-electron chi connectivity index (χ2n) is 5.26. The number of sulfonamides is 1. The molecule has 18 heavy (non-hydrogen) atoms. The average Bonchev–Trinajstić information content (AvgIpc) is 2.26. The summed E-state index contributed by atoms with van der Waals surface area (Å²) in [4.78, 5) is 0.250. The number of aliphatic hydroxyl groups excluding tert-OH is 1. The van der Waals surface area contributed by atoms with E-state index in [-0.39, 0.29) is 10.4 Å². The third-order valence-corrected chi connectivity index (χ3v) is 5.16. The molecule has 1 aromatic rings. The van der Waals surface area contributed by atoms with Gasteiger partial charge >= 0.3 is 0 Å². The highest BCUT2D eigenvalue weighted by atomic mass is 32.2. The fraction of sp³-hybridized carbons (Fsp3) is 0.538. The van der Waals surface area contributed by atoms with Crippen molar-refractivity contribution in [1.82, 2.24) is 4.72 Å². The Balaban J connectivity index is 2.19. The molecule has 2 N–H and O–H groups in total. The number of aliphatic hydroxyl groups is 1. The van der Waals surface area contributed by atoms with E-state index in [9.17, 15) is 13.5 Å². The molecule has 1 fully saturated rings. The Labute approximate surface area is 108 Å². The molecule has 0 saturated heterocycles. The van der Waals surface area contributed by atoms with Gasteiger partial charge in [-0.15, -0.1) is 0 Å². The first kappa shape index (κ1) is 13.5. The van der Waals surface area contributed by atoms with Gasteiger partial charge in [-0.25, -0.2) is 13.1 Å². The molecule has 0 aliphatic heterocycles. The van der Waals surface area contributed by atoms with Crippen molar-refractivity contribution in [2.24, 2.45) is 0 Å². The zero-order valence-electron chi connectivity index (χ0n) is 10.7. The first-order chi connectivity index (χ1) is 8.32. The van der Waals surface area contributed by atoms with Crippen LogP contribution in [0.4, 0.5) is 0 Å². The van der Waals surface area contributed by atoms with Crippen LogP contribution in [-0.2, 0) is 10.0 Å². The molecular weight excluding hydrogens is 250 g/mol. The molecule has 1 saturated carbocycles. The SMILES string of the molecule is CC(O)c1ccc(S(=O)(=O)NC2(C)CCC2)cc1. The number of hydrogen-bond donors (Lipinski definition) is 2. The van der Waals surface area contributed by atoms with Gasteiger partial charge < -0.3 is 5.11 Å². The normalized spacial score (nSPS) is 20.2. The van der Waals surface area contributed by atoms with Gasteiger partial charge in [0.2, 0.25) is 10.0 Å². The lowest BCUT2D eigenvalue weighted by molar-refractivity contribution is 0.199. The first-order valence-electron chi connectivity index (χ1n) is 6.14. The highest BCUT2D eigenvalue weighted by Crippen LogP contribution is 2.32. The molecule has 1 aliphatic carbocycles. The maximum Gasteiger partial charge on any atom is 0.241 e. The van der Waals surface area contributed by atoms with E-state index in [0.29, 0.717) is 5.56 Å². The van der Waals surface area contributed by atoms with Crippen LogP contribution in [0.5, 0.6) is 0 Å². The van der Waals surface area contributed by atoms with Crippen LogP contribution in [0.1, 0.15) is 44.8 Å². The van der Waals surface area contributed by atoms with Crippen LogP contribution < -0.4 is 4.72 Å². The third kappa shape index (κ3) is 2.74. The Morgan fingerprint density at radius 3 is 2.22 bits per heavy atom. The summed E-state index contributed by atoms with van der Waals surface area (Å²) in [7, 11) is -3.45. The largest absolute Gasteiger partial charge is 0.389 e. The van der Waals surface area contributed by atoms with E-state index in [4.69, 9.17) is 0 Å². The van der Waals surface area contributed by atoms with Gasteiger partial charge in [-0.1, -0.05) is 12.1 Å². The van der Waals surface area contributed by atoms with Gasteiger partial charge in [0.25, 0.3) is 0 Å². The van der Waals surface area contributed by atoms with E-state index in [1.54, 1.807) is 19.1 Å². The minimum Gasteiger partial charge on any atom is -0.389 e. The summed E-state index contributed by atoms with van der Waals surface area (Å²) in [5.74, 6) is 0. The van der Waals surface area contributed by atoms with E-state index < -0.39 is 16.1 Å². The molecule has 0 radical (unpaired) electrons. The molecule has 2 rings (SSSR count). The minimum absolute atomic E-state index is 0.250. The fourth-order valence-corrected chi connectivity index (χ4v) is 3.58. The van der Waals surface area contributed by atoms with Crippen molar-refractivity contribution in [2.75, 3.05) is 0 Å². The molecular formula is C13H19NO3S. The summed E-state index contributed by atoms with van der Waals surface area (Å²) in [5.41, 5.74) is 0.422. The lowest BCUT2D eigenvalue weighted by Crippen LogP contribution is -2.50. The van der Waals surface area contributed by atoms with Gasteiger partial charge in [0, 0.05) is 5.54 Å².